The molecule has 0 radical (unpaired) electrons. The van der Waals surface area contributed by atoms with Crippen molar-refractivity contribution in [3.8, 4) is 11.1 Å². The maximum absolute atomic E-state index is 13.8. The summed E-state index contributed by atoms with van der Waals surface area (Å²) < 4.78 is 35.0. The van der Waals surface area contributed by atoms with Crippen LogP contribution in [0.2, 0.25) is 5.02 Å². The Labute approximate surface area is 222 Å². The fourth-order valence-corrected chi connectivity index (χ4v) is 8.15. The van der Waals surface area contributed by atoms with Crippen LogP contribution in [0.25, 0.3) is 22.0 Å². The van der Waals surface area contributed by atoms with Crippen LogP contribution < -0.4 is 10.6 Å². The monoisotopic (exact) mass is 547 g/mol. The third-order valence-electron chi connectivity index (χ3n) is 5.94. The zero-order chi connectivity index (χ0) is 26.0. The normalized spacial score (nSPS) is 12.5. The van der Waals surface area contributed by atoms with Crippen LogP contribution in [0.3, 0.4) is 0 Å². The van der Waals surface area contributed by atoms with Crippen molar-refractivity contribution in [2.75, 3.05) is 6.61 Å². The highest BCUT2D eigenvalue weighted by Gasteiger charge is 2.32. The Morgan fingerprint density at radius 1 is 0.865 bits per heavy atom. The van der Waals surface area contributed by atoms with Gasteiger partial charge >= 0.3 is 0 Å². The molecule has 1 unspecified atom stereocenters. The van der Waals surface area contributed by atoms with Gasteiger partial charge in [-0.2, -0.15) is 0 Å². The molecule has 1 atom stereocenters. The van der Waals surface area contributed by atoms with Gasteiger partial charge in [-0.3, -0.25) is 4.79 Å². The van der Waals surface area contributed by atoms with E-state index >= 15 is 0 Å². The molecule has 186 valence electrons. The number of aromatic nitrogens is 1. The Balaban J connectivity index is 1.79. The molecule has 0 N–H and O–H groups in total. The molecule has 1 aromatic heterocycles. The molecular formula is C29H23ClNO4PS. The third kappa shape index (κ3) is 4.74. The largest absolute Gasteiger partial charge is 0.350 e. The van der Waals surface area contributed by atoms with Gasteiger partial charge in [0, 0.05) is 27.6 Å². The van der Waals surface area contributed by atoms with Gasteiger partial charge in [0.1, 0.15) is 5.69 Å². The van der Waals surface area contributed by atoms with Crippen molar-refractivity contribution in [2.24, 2.45) is 0 Å². The number of hydrogen-bond donors (Lipinski definition) is 0. The van der Waals surface area contributed by atoms with E-state index in [1.54, 1.807) is 36.4 Å². The average Bonchev–Trinajstić information content (AvgIpc) is 3.26. The predicted molar refractivity (Wildman–Crippen MR) is 151 cm³/mol. The fourth-order valence-electron chi connectivity index (χ4n) is 4.35. The molecule has 37 heavy (non-hydrogen) atoms. The quantitative estimate of drug-likeness (QED) is 0.167. The number of halogens is 1. The van der Waals surface area contributed by atoms with E-state index in [0.29, 0.717) is 34.1 Å². The highest BCUT2D eigenvalue weighted by molar-refractivity contribution is 7.90. The van der Waals surface area contributed by atoms with Gasteiger partial charge in [-0.25, -0.2) is 12.4 Å². The SMILES string of the molecule is CCOP(c1cccc(-c2ccccc2)c1)c1c(C=O)n(S(=O)(=O)c2ccccc2)c2ccc(Cl)cc12. The van der Waals surface area contributed by atoms with Crippen molar-refractivity contribution in [3.05, 3.63) is 114 Å². The third-order valence-corrected chi connectivity index (χ3v) is 10.1. The van der Waals surface area contributed by atoms with Crippen LogP contribution in [0.5, 0.6) is 0 Å². The summed E-state index contributed by atoms with van der Waals surface area (Å²) in [6, 6.07) is 30.9. The number of carbonyl (C=O) groups excluding carboxylic acids is 1. The van der Waals surface area contributed by atoms with Crippen LogP contribution in [0.15, 0.2) is 108 Å². The molecule has 5 nitrogen and oxygen atoms in total. The maximum atomic E-state index is 13.8. The molecule has 0 amide bonds. The summed E-state index contributed by atoms with van der Waals surface area (Å²) in [4.78, 5) is 12.7. The van der Waals surface area contributed by atoms with E-state index in [0.717, 1.165) is 20.4 Å². The molecule has 0 aliphatic carbocycles. The minimum atomic E-state index is -4.08. The number of aldehydes is 1. The molecule has 5 rings (SSSR count). The van der Waals surface area contributed by atoms with Crippen LogP contribution in [0, 0.1) is 0 Å². The number of nitrogens with zero attached hydrogens (tertiary/aromatic N) is 1. The van der Waals surface area contributed by atoms with Crippen molar-refractivity contribution in [2.45, 2.75) is 11.8 Å². The number of hydrogen-bond acceptors (Lipinski definition) is 4. The van der Waals surface area contributed by atoms with Gasteiger partial charge in [0.05, 0.1) is 18.6 Å². The minimum Gasteiger partial charge on any atom is -0.350 e. The molecule has 1 heterocycles. The van der Waals surface area contributed by atoms with Crippen molar-refractivity contribution >= 4 is 57.6 Å². The Morgan fingerprint density at radius 3 is 2.22 bits per heavy atom. The molecule has 5 aromatic rings. The van der Waals surface area contributed by atoms with Crippen LogP contribution in [0.1, 0.15) is 17.4 Å². The molecule has 0 bridgehead atoms. The second-order valence-corrected chi connectivity index (χ2v) is 12.3. The minimum absolute atomic E-state index is 0.0331. The summed E-state index contributed by atoms with van der Waals surface area (Å²) in [5.74, 6) is 0. The number of rotatable bonds is 8. The fraction of sp³-hybridized carbons (Fsp3) is 0.0690. The summed E-state index contributed by atoms with van der Waals surface area (Å²) in [7, 11) is -5.65. The van der Waals surface area contributed by atoms with E-state index < -0.39 is 18.2 Å². The van der Waals surface area contributed by atoms with Gasteiger partial charge in [0.25, 0.3) is 10.0 Å². The lowest BCUT2D eigenvalue weighted by atomic mass is 10.1. The van der Waals surface area contributed by atoms with Crippen molar-refractivity contribution in [3.63, 3.8) is 0 Å². The first-order valence-corrected chi connectivity index (χ1v) is 14.7. The van der Waals surface area contributed by atoms with Gasteiger partial charge in [-0.05, 0) is 54.4 Å². The lowest BCUT2D eigenvalue weighted by Crippen LogP contribution is -2.21. The predicted octanol–water partition coefficient (Wildman–Crippen LogP) is 6.40. The summed E-state index contributed by atoms with van der Waals surface area (Å²) in [6.45, 7) is 2.25. The zero-order valence-electron chi connectivity index (χ0n) is 19.9. The van der Waals surface area contributed by atoms with Crippen molar-refractivity contribution < 1.29 is 17.7 Å². The Morgan fingerprint density at radius 2 is 1.54 bits per heavy atom. The highest BCUT2D eigenvalue weighted by atomic mass is 35.5. The van der Waals surface area contributed by atoms with Crippen LogP contribution in [-0.4, -0.2) is 25.3 Å². The van der Waals surface area contributed by atoms with E-state index in [9.17, 15) is 13.2 Å². The van der Waals surface area contributed by atoms with Crippen LogP contribution in [-0.2, 0) is 14.5 Å². The summed E-state index contributed by atoms with van der Waals surface area (Å²) in [5.41, 5.74) is 2.45. The van der Waals surface area contributed by atoms with Gasteiger partial charge in [-0.15, -0.1) is 0 Å². The molecule has 0 saturated heterocycles. The molecule has 0 aliphatic rings. The first-order valence-electron chi connectivity index (χ1n) is 11.6. The second-order valence-electron chi connectivity index (χ2n) is 8.22. The smallest absolute Gasteiger partial charge is 0.268 e. The Bertz CT molecular complexity index is 1690. The molecule has 4 aromatic carbocycles. The lowest BCUT2D eigenvalue weighted by Gasteiger charge is -2.19. The van der Waals surface area contributed by atoms with Crippen molar-refractivity contribution in [1.29, 1.82) is 0 Å². The van der Waals surface area contributed by atoms with Crippen molar-refractivity contribution in [1.82, 2.24) is 3.97 Å². The van der Waals surface area contributed by atoms with E-state index in [-0.39, 0.29) is 10.6 Å². The molecule has 0 fully saturated rings. The second kappa shape index (κ2) is 10.6. The topological polar surface area (TPSA) is 65.4 Å². The summed E-state index contributed by atoms with van der Waals surface area (Å²) >= 11 is 6.38. The molecule has 0 aliphatic heterocycles. The number of benzene rings is 4. The molecule has 0 saturated carbocycles. The first-order chi connectivity index (χ1) is 18.0. The molecule has 0 spiro atoms. The van der Waals surface area contributed by atoms with Gasteiger partial charge < -0.3 is 4.52 Å². The van der Waals surface area contributed by atoms with E-state index in [1.807, 2.05) is 61.5 Å². The number of fused-ring (bicyclic) bond motifs is 1. The maximum Gasteiger partial charge on any atom is 0.268 e. The van der Waals surface area contributed by atoms with Gasteiger partial charge in [0.15, 0.2) is 6.29 Å². The molecular weight excluding hydrogens is 525 g/mol. The standard InChI is InChI=1S/C29H23ClNO4PS/c1-2-35-36(24-13-9-12-22(18-24)21-10-5-3-6-11-21)29-26-19-23(30)16-17-27(26)31(28(29)20-32)37(33,34)25-14-7-4-8-15-25/h3-20H,2H2,1H3. The van der Waals surface area contributed by atoms with E-state index in [4.69, 9.17) is 16.1 Å². The average molecular weight is 548 g/mol. The van der Waals surface area contributed by atoms with Crippen LogP contribution in [0.4, 0.5) is 0 Å². The van der Waals surface area contributed by atoms with Crippen LogP contribution >= 0.6 is 19.7 Å². The zero-order valence-corrected chi connectivity index (χ0v) is 22.4. The van der Waals surface area contributed by atoms with Gasteiger partial charge in [0.2, 0.25) is 0 Å². The Kier molecular flexibility index (Phi) is 7.27. The molecule has 8 heteroatoms. The number of carbonyl (C=O) groups is 1. The lowest BCUT2D eigenvalue weighted by molar-refractivity contribution is 0.111. The summed E-state index contributed by atoms with van der Waals surface area (Å²) in [5, 5.41) is 2.38. The van der Waals surface area contributed by atoms with Gasteiger partial charge in [-0.1, -0.05) is 78.3 Å². The Hall–Kier alpha value is -3.28. The highest BCUT2D eigenvalue weighted by Crippen LogP contribution is 2.42. The first kappa shape index (κ1) is 25.4. The van der Waals surface area contributed by atoms with E-state index in [2.05, 4.69) is 0 Å². The summed E-state index contributed by atoms with van der Waals surface area (Å²) in [6.07, 6.45) is 0.596. The van der Waals surface area contributed by atoms with E-state index in [1.165, 1.54) is 12.1 Å².